The van der Waals surface area contributed by atoms with Crippen LogP contribution in [-0.4, -0.2) is 37.0 Å². The highest BCUT2D eigenvalue weighted by atomic mass is 16.1. The van der Waals surface area contributed by atoms with Crippen LogP contribution in [0.15, 0.2) is 42.6 Å². The SMILES string of the molecule is CC(C)c1nnc2c(C(=O)NCCc3nc4ccccc4[nH]3)cccn12. The third-order valence-electron chi connectivity index (χ3n) is 4.31. The first-order valence-electron chi connectivity index (χ1n) is 8.69. The number of hydrogen-bond donors (Lipinski definition) is 2. The van der Waals surface area contributed by atoms with Crippen molar-refractivity contribution >= 4 is 22.6 Å². The highest BCUT2D eigenvalue weighted by Gasteiger charge is 2.16. The Morgan fingerprint density at radius 1 is 1.19 bits per heavy atom. The maximum absolute atomic E-state index is 12.6. The molecule has 0 spiro atoms. The Kier molecular flexibility index (Phi) is 4.12. The summed E-state index contributed by atoms with van der Waals surface area (Å²) < 4.78 is 1.87. The van der Waals surface area contributed by atoms with Gasteiger partial charge in [-0.05, 0) is 24.3 Å². The van der Waals surface area contributed by atoms with Crippen molar-refractivity contribution in [3.05, 3.63) is 59.8 Å². The summed E-state index contributed by atoms with van der Waals surface area (Å²) >= 11 is 0. The van der Waals surface area contributed by atoms with Crippen LogP contribution in [0.1, 0.15) is 41.8 Å². The lowest BCUT2D eigenvalue weighted by Crippen LogP contribution is -2.26. The summed E-state index contributed by atoms with van der Waals surface area (Å²) in [5, 5.41) is 11.3. The zero-order valence-electron chi connectivity index (χ0n) is 14.7. The minimum atomic E-state index is -0.158. The molecule has 2 N–H and O–H groups in total. The molecule has 4 rings (SSSR count). The number of carbonyl (C=O) groups is 1. The molecule has 26 heavy (non-hydrogen) atoms. The molecule has 0 saturated carbocycles. The summed E-state index contributed by atoms with van der Waals surface area (Å²) in [7, 11) is 0. The summed E-state index contributed by atoms with van der Waals surface area (Å²) in [6, 6.07) is 11.5. The molecule has 7 nitrogen and oxygen atoms in total. The van der Waals surface area contributed by atoms with Crippen LogP contribution in [0.4, 0.5) is 0 Å². The van der Waals surface area contributed by atoms with Crippen LogP contribution >= 0.6 is 0 Å². The molecular weight excluding hydrogens is 328 g/mol. The fraction of sp³-hybridized carbons (Fsp3) is 0.263. The summed E-state index contributed by atoms with van der Waals surface area (Å²) in [5.74, 6) is 1.78. The van der Waals surface area contributed by atoms with E-state index in [9.17, 15) is 4.79 Å². The predicted octanol–water partition coefficient (Wildman–Crippen LogP) is 2.70. The van der Waals surface area contributed by atoms with Crippen LogP contribution in [0.25, 0.3) is 16.7 Å². The van der Waals surface area contributed by atoms with E-state index >= 15 is 0 Å². The molecule has 0 saturated heterocycles. The Balaban J connectivity index is 1.47. The van der Waals surface area contributed by atoms with Gasteiger partial charge in [0, 0.05) is 25.1 Å². The van der Waals surface area contributed by atoms with Gasteiger partial charge in [0.1, 0.15) is 11.6 Å². The third kappa shape index (κ3) is 2.92. The van der Waals surface area contributed by atoms with E-state index in [1.165, 1.54) is 0 Å². The number of aromatic nitrogens is 5. The van der Waals surface area contributed by atoms with Gasteiger partial charge >= 0.3 is 0 Å². The van der Waals surface area contributed by atoms with Gasteiger partial charge < -0.3 is 10.3 Å². The number of nitrogens with zero attached hydrogens (tertiary/aromatic N) is 4. The average Bonchev–Trinajstić information content (AvgIpc) is 3.24. The van der Waals surface area contributed by atoms with Gasteiger partial charge in [0.2, 0.25) is 0 Å². The van der Waals surface area contributed by atoms with Gasteiger partial charge in [0.25, 0.3) is 5.91 Å². The number of aromatic amines is 1. The average molecular weight is 348 g/mol. The van der Waals surface area contributed by atoms with Gasteiger partial charge in [0.15, 0.2) is 5.65 Å². The number of hydrogen-bond acceptors (Lipinski definition) is 4. The highest BCUT2D eigenvalue weighted by Crippen LogP contribution is 2.16. The molecule has 0 aliphatic carbocycles. The number of fused-ring (bicyclic) bond motifs is 2. The van der Waals surface area contributed by atoms with E-state index in [4.69, 9.17) is 0 Å². The van der Waals surface area contributed by atoms with Crippen molar-refractivity contribution < 1.29 is 4.79 Å². The lowest BCUT2D eigenvalue weighted by molar-refractivity contribution is 0.0955. The first kappa shape index (κ1) is 16.3. The minimum Gasteiger partial charge on any atom is -0.351 e. The first-order chi connectivity index (χ1) is 12.6. The van der Waals surface area contributed by atoms with E-state index in [0.29, 0.717) is 24.2 Å². The number of H-pyrrole nitrogens is 1. The molecule has 4 aromatic rings. The van der Waals surface area contributed by atoms with Crippen molar-refractivity contribution in [1.29, 1.82) is 0 Å². The summed E-state index contributed by atoms with van der Waals surface area (Å²) in [6.45, 7) is 4.60. The molecule has 0 radical (unpaired) electrons. The molecule has 7 heteroatoms. The van der Waals surface area contributed by atoms with Crippen LogP contribution in [0, 0.1) is 0 Å². The Bertz CT molecular complexity index is 1040. The van der Waals surface area contributed by atoms with Gasteiger partial charge in [-0.3, -0.25) is 9.20 Å². The number of amides is 1. The largest absolute Gasteiger partial charge is 0.351 e. The van der Waals surface area contributed by atoms with Crippen molar-refractivity contribution in [2.75, 3.05) is 6.54 Å². The van der Waals surface area contributed by atoms with E-state index in [2.05, 4.69) is 39.3 Å². The normalized spacial score (nSPS) is 11.5. The number of nitrogens with one attached hydrogen (secondary N) is 2. The molecule has 0 fully saturated rings. The lowest BCUT2D eigenvalue weighted by atomic mass is 10.2. The summed E-state index contributed by atoms with van der Waals surface area (Å²) in [6.07, 6.45) is 2.52. The number of benzene rings is 1. The maximum atomic E-state index is 12.6. The molecule has 3 heterocycles. The quantitative estimate of drug-likeness (QED) is 0.580. The van der Waals surface area contributed by atoms with E-state index in [-0.39, 0.29) is 11.8 Å². The van der Waals surface area contributed by atoms with Gasteiger partial charge in [-0.25, -0.2) is 4.98 Å². The van der Waals surface area contributed by atoms with Crippen LogP contribution in [0.5, 0.6) is 0 Å². The Morgan fingerprint density at radius 2 is 2.04 bits per heavy atom. The Morgan fingerprint density at radius 3 is 2.85 bits per heavy atom. The number of carbonyl (C=O) groups excluding carboxylic acids is 1. The van der Waals surface area contributed by atoms with Crippen molar-refractivity contribution in [1.82, 2.24) is 29.9 Å². The maximum Gasteiger partial charge on any atom is 0.255 e. The zero-order valence-corrected chi connectivity index (χ0v) is 14.7. The molecular formula is C19H20N6O. The molecule has 0 unspecified atom stereocenters. The number of imidazole rings is 1. The van der Waals surface area contributed by atoms with Crippen LogP contribution in [0.3, 0.4) is 0 Å². The number of pyridine rings is 1. The fourth-order valence-corrected chi connectivity index (χ4v) is 3.02. The van der Waals surface area contributed by atoms with E-state index < -0.39 is 0 Å². The molecule has 132 valence electrons. The molecule has 0 aliphatic rings. The smallest absolute Gasteiger partial charge is 0.255 e. The van der Waals surface area contributed by atoms with Gasteiger partial charge in [-0.2, -0.15) is 0 Å². The zero-order chi connectivity index (χ0) is 18.1. The molecule has 0 bridgehead atoms. The van der Waals surface area contributed by atoms with Crippen molar-refractivity contribution in [3.8, 4) is 0 Å². The number of para-hydroxylation sites is 2. The summed E-state index contributed by atoms with van der Waals surface area (Å²) in [4.78, 5) is 20.4. The second-order valence-corrected chi connectivity index (χ2v) is 6.53. The van der Waals surface area contributed by atoms with Gasteiger partial charge in [-0.1, -0.05) is 26.0 Å². The molecule has 3 aromatic heterocycles. The number of rotatable bonds is 5. The van der Waals surface area contributed by atoms with Crippen molar-refractivity contribution in [2.45, 2.75) is 26.2 Å². The van der Waals surface area contributed by atoms with Gasteiger partial charge in [-0.15, -0.1) is 10.2 Å². The topological polar surface area (TPSA) is 88.0 Å². The van der Waals surface area contributed by atoms with E-state index in [0.717, 1.165) is 22.7 Å². The molecule has 0 atom stereocenters. The van der Waals surface area contributed by atoms with Crippen LogP contribution in [0.2, 0.25) is 0 Å². The second kappa shape index (κ2) is 6.59. The molecule has 0 aliphatic heterocycles. The monoisotopic (exact) mass is 348 g/mol. The second-order valence-electron chi connectivity index (χ2n) is 6.53. The summed E-state index contributed by atoms with van der Waals surface area (Å²) in [5.41, 5.74) is 3.04. The standard InChI is InChI=1S/C19H20N6O/c1-12(2)17-23-24-18-13(6-5-11-25(17)18)19(26)20-10-9-16-21-14-7-3-4-8-15(14)22-16/h3-8,11-12H,9-10H2,1-2H3,(H,20,26)(H,21,22). The van der Waals surface area contributed by atoms with Crippen molar-refractivity contribution in [2.24, 2.45) is 0 Å². The lowest BCUT2D eigenvalue weighted by Gasteiger charge is -2.06. The fourth-order valence-electron chi connectivity index (χ4n) is 3.02. The van der Waals surface area contributed by atoms with Crippen LogP contribution in [-0.2, 0) is 6.42 Å². The highest BCUT2D eigenvalue weighted by molar-refractivity contribution is 5.99. The van der Waals surface area contributed by atoms with Crippen LogP contribution < -0.4 is 5.32 Å². The van der Waals surface area contributed by atoms with Crippen molar-refractivity contribution in [3.63, 3.8) is 0 Å². The Labute approximate surface area is 150 Å². The third-order valence-corrected chi connectivity index (χ3v) is 4.31. The molecule has 1 amide bonds. The molecule has 1 aromatic carbocycles. The first-order valence-corrected chi connectivity index (χ1v) is 8.69. The van der Waals surface area contributed by atoms with Gasteiger partial charge in [0.05, 0.1) is 16.6 Å². The Hall–Kier alpha value is -3.22. The van der Waals surface area contributed by atoms with E-state index in [1.54, 1.807) is 6.07 Å². The minimum absolute atomic E-state index is 0.158. The van der Waals surface area contributed by atoms with E-state index in [1.807, 2.05) is 40.9 Å². The predicted molar refractivity (Wildman–Crippen MR) is 99.2 cm³/mol.